The maximum atomic E-state index is 13.2. The van der Waals surface area contributed by atoms with E-state index in [1.165, 1.54) is 5.56 Å². The Kier molecular flexibility index (Phi) is 8.20. The van der Waals surface area contributed by atoms with Gasteiger partial charge >= 0.3 is 5.97 Å². The van der Waals surface area contributed by atoms with E-state index in [4.69, 9.17) is 15.5 Å². The Morgan fingerprint density at radius 2 is 1.81 bits per heavy atom. The molecule has 2 aromatic carbocycles. The third-order valence-electron chi connectivity index (χ3n) is 6.13. The molecule has 0 saturated carbocycles. The molecule has 0 bridgehead atoms. The summed E-state index contributed by atoms with van der Waals surface area (Å²) in [6, 6.07) is 19.5. The first-order valence-corrected chi connectivity index (χ1v) is 12.5. The van der Waals surface area contributed by atoms with Crippen molar-refractivity contribution < 1.29 is 14.3 Å². The first-order chi connectivity index (χ1) is 17.9. The number of hydrogen-bond acceptors (Lipinski definition) is 6. The van der Waals surface area contributed by atoms with Crippen molar-refractivity contribution >= 4 is 23.3 Å². The van der Waals surface area contributed by atoms with Crippen LogP contribution in [-0.2, 0) is 22.6 Å². The van der Waals surface area contributed by atoms with Crippen LogP contribution < -0.4 is 16.4 Å². The number of nitrogens with two attached hydrogens (primary N) is 1. The number of nitrogens with one attached hydrogen (secondary N) is 2. The Bertz CT molecular complexity index is 1390. The topological polar surface area (TPSA) is 111 Å². The molecule has 0 atom stereocenters. The predicted molar refractivity (Wildman–Crippen MR) is 145 cm³/mol. The molecule has 192 valence electrons. The lowest BCUT2D eigenvalue weighted by Gasteiger charge is -2.10. The molecule has 0 spiro atoms. The summed E-state index contributed by atoms with van der Waals surface area (Å²) in [7, 11) is 0. The fraction of sp³-hybridized carbons (Fsp3) is 0.276. The zero-order valence-corrected chi connectivity index (χ0v) is 21.5. The molecule has 0 saturated heterocycles. The number of pyridine rings is 1. The standard InChI is InChI=1S/C29H33N5O3/c1-4-37-25(35)18-31-28-26(23-12-10-22(11-13-23)19(2)3)33-27-24(9-6-14-34(27)28)29(36)32-17-21-8-5-7-20(15-21)16-30/h5-15,19,31H,4,16-18,30H2,1-3H3,(H,32,36). The highest BCUT2D eigenvalue weighted by Crippen LogP contribution is 2.31. The average Bonchev–Trinajstić information content (AvgIpc) is 3.29. The lowest BCUT2D eigenvalue weighted by Crippen LogP contribution is -2.23. The van der Waals surface area contributed by atoms with Gasteiger partial charge in [0.1, 0.15) is 18.1 Å². The third kappa shape index (κ3) is 5.98. The highest BCUT2D eigenvalue weighted by atomic mass is 16.5. The van der Waals surface area contributed by atoms with Gasteiger partial charge in [-0.1, -0.05) is 62.4 Å². The Balaban J connectivity index is 1.69. The third-order valence-corrected chi connectivity index (χ3v) is 6.13. The normalized spacial score (nSPS) is 11.1. The minimum absolute atomic E-state index is 0.0212. The summed E-state index contributed by atoms with van der Waals surface area (Å²) in [5.74, 6) is 0.405. The summed E-state index contributed by atoms with van der Waals surface area (Å²) in [4.78, 5) is 30.2. The summed E-state index contributed by atoms with van der Waals surface area (Å²) in [5, 5.41) is 6.16. The lowest BCUT2D eigenvalue weighted by atomic mass is 10.0. The second-order valence-corrected chi connectivity index (χ2v) is 9.07. The number of ether oxygens (including phenoxy) is 1. The number of imidazole rings is 1. The molecular formula is C29H33N5O3. The van der Waals surface area contributed by atoms with Crippen molar-refractivity contribution in [1.82, 2.24) is 14.7 Å². The maximum absolute atomic E-state index is 13.2. The SMILES string of the molecule is CCOC(=O)CNc1c(-c2ccc(C(C)C)cc2)nc2c(C(=O)NCc3cccc(CN)c3)cccn12. The van der Waals surface area contributed by atoms with Gasteiger partial charge in [-0.2, -0.15) is 0 Å². The van der Waals surface area contributed by atoms with Crippen LogP contribution in [0.25, 0.3) is 16.9 Å². The quantitative estimate of drug-likeness (QED) is 0.277. The van der Waals surface area contributed by atoms with Crippen LogP contribution in [0.1, 0.15) is 53.7 Å². The Morgan fingerprint density at radius 1 is 1.05 bits per heavy atom. The van der Waals surface area contributed by atoms with Gasteiger partial charge in [0.25, 0.3) is 5.91 Å². The molecule has 2 aromatic heterocycles. The van der Waals surface area contributed by atoms with Gasteiger partial charge in [-0.15, -0.1) is 0 Å². The molecule has 1 amide bonds. The second kappa shape index (κ2) is 11.7. The molecule has 8 heteroatoms. The minimum Gasteiger partial charge on any atom is -0.465 e. The van der Waals surface area contributed by atoms with Crippen LogP contribution >= 0.6 is 0 Å². The van der Waals surface area contributed by atoms with Crippen molar-refractivity contribution in [1.29, 1.82) is 0 Å². The number of fused-ring (bicyclic) bond motifs is 1. The fourth-order valence-corrected chi connectivity index (χ4v) is 4.15. The van der Waals surface area contributed by atoms with E-state index in [-0.39, 0.29) is 18.4 Å². The van der Waals surface area contributed by atoms with Crippen LogP contribution in [-0.4, -0.2) is 34.4 Å². The molecule has 4 rings (SSSR count). The Morgan fingerprint density at radius 3 is 2.51 bits per heavy atom. The number of carbonyl (C=O) groups is 2. The second-order valence-electron chi connectivity index (χ2n) is 9.07. The van der Waals surface area contributed by atoms with Crippen LogP contribution in [0.15, 0.2) is 66.9 Å². The molecule has 2 heterocycles. The van der Waals surface area contributed by atoms with Crippen molar-refractivity contribution in [3.63, 3.8) is 0 Å². The first-order valence-electron chi connectivity index (χ1n) is 12.5. The maximum Gasteiger partial charge on any atom is 0.325 e. The summed E-state index contributed by atoms with van der Waals surface area (Å²) in [5.41, 5.74) is 11.4. The van der Waals surface area contributed by atoms with Gasteiger partial charge in [-0.25, -0.2) is 4.98 Å². The van der Waals surface area contributed by atoms with E-state index in [1.807, 2.05) is 42.6 Å². The van der Waals surface area contributed by atoms with Gasteiger partial charge in [-0.05, 0) is 41.7 Å². The molecule has 37 heavy (non-hydrogen) atoms. The van der Waals surface area contributed by atoms with Crippen molar-refractivity contribution in [3.05, 3.63) is 89.1 Å². The van der Waals surface area contributed by atoms with Gasteiger partial charge in [0, 0.05) is 24.8 Å². The molecule has 8 nitrogen and oxygen atoms in total. The monoisotopic (exact) mass is 499 g/mol. The number of anilines is 1. The van der Waals surface area contributed by atoms with E-state index >= 15 is 0 Å². The molecular weight excluding hydrogens is 466 g/mol. The molecule has 0 aliphatic heterocycles. The Hall–Kier alpha value is -4.17. The minimum atomic E-state index is -0.368. The van der Waals surface area contributed by atoms with E-state index in [2.05, 4.69) is 36.6 Å². The first kappa shape index (κ1) is 25.9. The van der Waals surface area contributed by atoms with Crippen LogP contribution in [0.4, 0.5) is 5.82 Å². The van der Waals surface area contributed by atoms with Crippen LogP contribution in [0.5, 0.6) is 0 Å². The van der Waals surface area contributed by atoms with E-state index in [0.29, 0.717) is 48.3 Å². The zero-order chi connectivity index (χ0) is 26.4. The zero-order valence-electron chi connectivity index (χ0n) is 21.5. The number of rotatable bonds is 10. The summed E-state index contributed by atoms with van der Waals surface area (Å²) in [6.45, 7) is 7.14. The number of hydrogen-bond donors (Lipinski definition) is 3. The highest BCUT2D eigenvalue weighted by Gasteiger charge is 2.20. The molecule has 0 aliphatic carbocycles. The molecule has 4 aromatic rings. The largest absolute Gasteiger partial charge is 0.465 e. The van der Waals surface area contributed by atoms with Gasteiger partial charge in [0.2, 0.25) is 0 Å². The van der Waals surface area contributed by atoms with Gasteiger partial charge in [0.15, 0.2) is 5.65 Å². The van der Waals surface area contributed by atoms with E-state index in [0.717, 1.165) is 16.7 Å². The van der Waals surface area contributed by atoms with Gasteiger partial charge in [0.05, 0.1) is 12.2 Å². The Labute approximate surface area is 216 Å². The number of carbonyl (C=O) groups excluding carboxylic acids is 2. The predicted octanol–water partition coefficient (Wildman–Crippen LogP) is 4.49. The molecule has 4 N–H and O–H groups in total. The molecule has 0 radical (unpaired) electrons. The average molecular weight is 500 g/mol. The number of amides is 1. The molecule has 0 fully saturated rings. The van der Waals surface area contributed by atoms with E-state index < -0.39 is 0 Å². The van der Waals surface area contributed by atoms with Crippen molar-refractivity contribution in [2.75, 3.05) is 18.5 Å². The van der Waals surface area contributed by atoms with E-state index in [1.54, 1.807) is 23.5 Å². The van der Waals surface area contributed by atoms with Gasteiger partial charge < -0.3 is 21.1 Å². The van der Waals surface area contributed by atoms with Crippen LogP contribution in [0, 0.1) is 0 Å². The number of nitrogens with zero attached hydrogens (tertiary/aromatic N) is 2. The van der Waals surface area contributed by atoms with Crippen molar-refractivity contribution in [3.8, 4) is 11.3 Å². The summed E-state index contributed by atoms with van der Waals surface area (Å²) < 4.78 is 6.89. The van der Waals surface area contributed by atoms with Crippen LogP contribution in [0.2, 0.25) is 0 Å². The van der Waals surface area contributed by atoms with E-state index in [9.17, 15) is 9.59 Å². The summed E-state index contributed by atoms with van der Waals surface area (Å²) >= 11 is 0. The van der Waals surface area contributed by atoms with Crippen molar-refractivity contribution in [2.24, 2.45) is 5.73 Å². The highest BCUT2D eigenvalue weighted by molar-refractivity contribution is 6.01. The van der Waals surface area contributed by atoms with Crippen molar-refractivity contribution in [2.45, 2.75) is 39.8 Å². The fourth-order valence-electron chi connectivity index (χ4n) is 4.15. The summed E-state index contributed by atoms with van der Waals surface area (Å²) in [6.07, 6.45) is 1.82. The number of benzene rings is 2. The number of esters is 1. The number of aromatic nitrogens is 2. The molecule has 0 unspecified atom stereocenters. The smallest absolute Gasteiger partial charge is 0.325 e. The van der Waals surface area contributed by atoms with Crippen LogP contribution in [0.3, 0.4) is 0 Å². The lowest BCUT2D eigenvalue weighted by molar-refractivity contribution is -0.140. The van der Waals surface area contributed by atoms with Gasteiger partial charge in [-0.3, -0.25) is 14.0 Å². The molecule has 0 aliphatic rings.